The largest absolute Gasteiger partial charge is 0.381 e. The SMILES string of the molecule is CCCc1c(N)noc1-c1csc(Br)c1. The number of rotatable bonds is 3. The fourth-order valence-corrected chi connectivity index (χ4v) is 2.61. The average molecular weight is 287 g/mol. The third-order valence-corrected chi connectivity index (χ3v) is 3.65. The van der Waals surface area contributed by atoms with Crippen LogP contribution in [0, 0.1) is 0 Å². The minimum Gasteiger partial charge on any atom is -0.381 e. The molecule has 3 nitrogen and oxygen atoms in total. The maximum atomic E-state index is 5.76. The minimum atomic E-state index is 0.508. The molecule has 0 unspecified atom stereocenters. The number of nitrogens with two attached hydrogens (primary N) is 1. The van der Waals surface area contributed by atoms with Gasteiger partial charge in [-0.1, -0.05) is 18.5 Å². The predicted octanol–water partition coefficient (Wildman–Crippen LogP) is 3.70. The number of aromatic nitrogens is 1. The van der Waals surface area contributed by atoms with Gasteiger partial charge in [0.05, 0.1) is 3.79 Å². The summed E-state index contributed by atoms with van der Waals surface area (Å²) in [4.78, 5) is 0. The van der Waals surface area contributed by atoms with Gasteiger partial charge in [-0.3, -0.25) is 0 Å². The number of anilines is 1. The summed E-state index contributed by atoms with van der Waals surface area (Å²) >= 11 is 5.05. The van der Waals surface area contributed by atoms with E-state index in [1.54, 1.807) is 11.3 Å². The first kappa shape index (κ1) is 10.7. The summed E-state index contributed by atoms with van der Waals surface area (Å²) in [7, 11) is 0. The second kappa shape index (κ2) is 4.37. The fraction of sp³-hybridized carbons (Fsp3) is 0.300. The summed E-state index contributed by atoms with van der Waals surface area (Å²) in [5, 5.41) is 5.84. The lowest BCUT2D eigenvalue weighted by Gasteiger charge is -1.96. The van der Waals surface area contributed by atoms with Gasteiger partial charge in [0, 0.05) is 16.5 Å². The fourth-order valence-electron chi connectivity index (χ4n) is 1.47. The number of hydrogen-bond acceptors (Lipinski definition) is 4. The Bertz CT molecular complexity index is 464. The van der Waals surface area contributed by atoms with Crippen LogP contribution in [-0.4, -0.2) is 5.16 Å². The molecule has 2 heterocycles. The van der Waals surface area contributed by atoms with Gasteiger partial charge in [0.2, 0.25) is 0 Å². The van der Waals surface area contributed by atoms with Crippen molar-refractivity contribution in [3.8, 4) is 11.3 Å². The molecule has 0 radical (unpaired) electrons. The zero-order chi connectivity index (χ0) is 10.8. The standard InChI is InChI=1S/C10H11BrN2OS/c1-2-3-7-9(14-13-10(7)12)6-4-8(11)15-5-6/h4-5H,2-3H2,1H3,(H2,12,13). The van der Waals surface area contributed by atoms with Crippen LogP contribution in [-0.2, 0) is 6.42 Å². The summed E-state index contributed by atoms with van der Waals surface area (Å²) < 4.78 is 6.34. The van der Waals surface area contributed by atoms with Gasteiger partial charge in [-0.2, -0.15) is 0 Å². The Kier molecular flexibility index (Phi) is 3.11. The quantitative estimate of drug-likeness (QED) is 0.936. The molecule has 0 saturated carbocycles. The number of nitrogen functional groups attached to an aromatic ring is 1. The second-order valence-electron chi connectivity index (χ2n) is 3.26. The van der Waals surface area contributed by atoms with Crippen LogP contribution in [0.2, 0.25) is 0 Å². The molecule has 0 atom stereocenters. The van der Waals surface area contributed by atoms with Crippen molar-refractivity contribution in [1.29, 1.82) is 0 Å². The van der Waals surface area contributed by atoms with E-state index in [-0.39, 0.29) is 0 Å². The normalized spacial score (nSPS) is 10.8. The summed E-state index contributed by atoms with van der Waals surface area (Å²) in [6, 6.07) is 2.02. The summed E-state index contributed by atoms with van der Waals surface area (Å²) in [5.41, 5.74) is 7.82. The van der Waals surface area contributed by atoms with Crippen molar-refractivity contribution >= 4 is 33.1 Å². The van der Waals surface area contributed by atoms with Crippen molar-refractivity contribution in [2.24, 2.45) is 0 Å². The maximum Gasteiger partial charge on any atom is 0.173 e. The van der Waals surface area contributed by atoms with Crippen molar-refractivity contribution in [2.75, 3.05) is 5.73 Å². The molecule has 2 N–H and O–H groups in total. The van der Waals surface area contributed by atoms with Gasteiger partial charge in [-0.25, -0.2) is 0 Å². The van der Waals surface area contributed by atoms with E-state index in [4.69, 9.17) is 10.3 Å². The Balaban J connectivity index is 2.43. The van der Waals surface area contributed by atoms with Gasteiger partial charge in [0.1, 0.15) is 0 Å². The maximum absolute atomic E-state index is 5.76. The molecule has 0 saturated heterocycles. The Morgan fingerprint density at radius 3 is 3.00 bits per heavy atom. The molecule has 0 fully saturated rings. The zero-order valence-electron chi connectivity index (χ0n) is 8.29. The average Bonchev–Trinajstić information content (AvgIpc) is 2.76. The van der Waals surface area contributed by atoms with E-state index >= 15 is 0 Å². The van der Waals surface area contributed by atoms with E-state index < -0.39 is 0 Å². The first-order valence-electron chi connectivity index (χ1n) is 4.70. The van der Waals surface area contributed by atoms with E-state index in [1.807, 2.05) is 11.4 Å². The predicted molar refractivity (Wildman–Crippen MR) is 65.9 cm³/mol. The Labute approximate surface area is 100 Å². The van der Waals surface area contributed by atoms with E-state index in [0.717, 1.165) is 33.5 Å². The van der Waals surface area contributed by atoms with Crippen LogP contribution in [0.15, 0.2) is 19.8 Å². The number of halogens is 1. The van der Waals surface area contributed by atoms with Gasteiger partial charge in [0.25, 0.3) is 0 Å². The highest BCUT2D eigenvalue weighted by molar-refractivity contribution is 9.11. The topological polar surface area (TPSA) is 52.0 Å². The lowest BCUT2D eigenvalue weighted by atomic mass is 10.1. The van der Waals surface area contributed by atoms with Crippen molar-refractivity contribution in [2.45, 2.75) is 19.8 Å². The first-order chi connectivity index (χ1) is 7.22. The van der Waals surface area contributed by atoms with Gasteiger partial charge < -0.3 is 10.3 Å². The van der Waals surface area contributed by atoms with Gasteiger partial charge >= 0.3 is 0 Å². The molecular weight excluding hydrogens is 276 g/mol. The molecule has 0 aliphatic carbocycles. The van der Waals surface area contributed by atoms with E-state index in [9.17, 15) is 0 Å². The molecule has 0 bridgehead atoms. The molecule has 80 valence electrons. The van der Waals surface area contributed by atoms with Crippen LogP contribution in [0.1, 0.15) is 18.9 Å². The van der Waals surface area contributed by atoms with Crippen molar-refractivity contribution < 1.29 is 4.52 Å². The summed E-state index contributed by atoms with van der Waals surface area (Å²) in [5.74, 6) is 1.31. The lowest BCUT2D eigenvalue weighted by molar-refractivity contribution is 0.435. The molecule has 0 aliphatic heterocycles. The summed E-state index contributed by atoms with van der Waals surface area (Å²) in [6.07, 6.45) is 1.93. The van der Waals surface area contributed by atoms with Crippen molar-refractivity contribution in [3.63, 3.8) is 0 Å². The van der Waals surface area contributed by atoms with Crippen LogP contribution >= 0.6 is 27.3 Å². The molecule has 15 heavy (non-hydrogen) atoms. The Morgan fingerprint density at radius 2 is 2.40 bits per heavy atom. The molecule has 2 aromatic heterocycles. The lowest BCUT2D eigenvalue weighted by Crippen LogP contribution is -1.92. The first-order valence-corrected chi connectivity index (χ1v) is 6.38. The smallest absolute Gasteiger partial charge is 0.173 e. The molecule has 0 amide bonds. The molecule has 2 aromatic rings. The second-order valence-corrected chi connectivity index (χ2v) is 5.56. The summed E-state index contributed by atoms with van der Waals surface area (Å²) in [6.45, 7) is 2.11. The van der Waals surface area contributed by atoms with Crippen LogP contribution in [0.5, 0.6) is 0 Å². The third kappa shape index (κ3) is 2.08. The number of hydrogen-bond donors (Lipinski definition) is 1. The minimum absolute atomic E-state index is 0.508. The molecule has 0 aliphatic rings. The Morgan fingerprint density at radius 1 is 1.60 bits per heavy atom. The number of thiophene rings is 1. The van der Waals surface area contributed by atoms with Crippen molar-refractivity contribution in [3.05, 3.63) is 20.8 Å². The highest BCUT2D eigenvalue weighted by Gasteiger charge is 2.15. The molecule has 5 heteroatoms. The van der Waals surface area contributed by atoms with Gasteiger partial charge in [-0.15, -0.1) is 11.3 Å². The van der Waals surface area contributed by atoms with Gasteiger partial charge in [-0.05, 0) is 28.4 Å². The highest BCUT2D eigenvalue weighted by atomic mass is 79.9. The van der Waals surface area contributed by atoms with Crippen LogP contribution in [0.3, 0.4) is 0 Å². The monoisotopic (exact) mass is 286 g/mol. The highest BCUT2D eigenvalue weighted by Crippen LogP contribution is 2.33. The van der Waals surface area contributed by atoms with Crippen LogP contribution in [0.25, 0.3) is 11.3 Å². The molecular formula is C10H11BrN2OS. The molecule has 0 aromatic carbocycles. The van der Waals surface area contributed by atoms with Crippen LogP contribution < -0.4 is 5.73 Å². The van der Waals surface area contributed by atoms with E-state index in [0.29, 0.717) is 5.82 Å². The van der Waals surface area contributed by atoms with Crippen molar-refractivity contribution in [1.82, 2.24) is 5.16 Å². The Hall–Kier alpha value is -0.810. The van der Waals surface area contributed by atoms with Crippen LogP contribution in [0.4, 0.5) is 5.82 Å². The third-order valence-electron chi connectivity index (χ3n) is 2.15. The zero-order valence-corrected chi connectivity index (χ0v) is 10.7. The van der Waals surface area contributed by atoms with E-state index in [2.05, 4.69) is 28.0 Å². The molecule has 0 spiro atoms. The molecule has 2 rings (SSSR count). The van der Waals surface area contributed by atoms with E-state index in [1.165, 1.54) is 0 Å². The van der Waals surface area contributed by atoms with Gasteiger partial charge in [0.15, 0.2) is 11.6 Å². The number of nitrogens with zero attached hydrogens (tertiary/aromatic N) is 1.